The predicted octanol–water partition coefficient (Wildman–Crippen LogP) is 2.09. The molecule has 0 spiro atoms. The molecule has 17 heavy (non-hydrogen) atoms. The summed E-state index contributed by atoms with van der Waals surface area (Å²) in [5.74, 6) is 0.782. The lowest BCUT2D eigenvalue weighted by molar-refractivity contribution is 0.101. The third kappa shape index (κ3) is 4.94. The molecule has 1 aliphatic carbocycles. The summed E-state index contributed by atoms with van der Waals surface area (Å²) in [7, 11) is 0. The van der Waals surface area contributed by atoms with Crippen LogP contribution >= 0.6 is 0 Å². The molecule has 100 valence electrons. The highest BCUT2D eigenvalue weighted by Gasteiger charge is 2.19. The highest BCUT2D eigenvalue weighted by atomic mass is 16.5. The Morgan fingerprint density at radius 2 is 2.00 bits per heavy atom. The Morgan fingerprint density at radius 3 is 2.71 bits per heavy atom. The highest BCUT2D eigenvalue weighted by Crippen LogP contribution is 2.28. The van der Waals surface area contributed by atoms with Crippen molar-refractivity contribution < 1.29 is 9.84 Å². The summed E-state index contributed by atoms with van der Waals surface area (Å²) in [6.07, 6.45) is 10.2. The molecular formula is C14H27NO2. The molecule has 2 atom stereocenters. The molecule has 2 fully saturated rings. The zero-order valence-electron chi connectivity index (χ0n) is 10.9. The second-order valence-corrected chi connectivity index (χ2v) is 5.67. The van der Waals surface area contributed by atoms with Crippen LogP contribution in [-0.4, -0.2) is 37.0 Å². The van der Waals surface area contributed by atoms with E-state index in [1.54, 1.807) is 0 Å². The Balaban J connectivity index is 1.46. The molecule has 1 saturated carbocycles. The Kier molecular flexibility index (Phi) is 5.75. The van der Waals surface area contributed by atoms with Gasteiger partial charge in [-0.3, -0.25) is 0 Å². The third-order valence-electron chi connectivity index (χ3n) is 4.13. The molecule has 2 aliphatic rings. The Hall–Kier alpha value is -0.120. The van der Waals surface area contributed by atoms with Crippen molar-refractivity contribution in [2.75, 3.05) is 19.7 Å². The average molecular weight is 241 g/mol. The molecule has 1 aliphatic heterocycles. The van der Waals surface area contributed by atoms with E-state index in [0.29, 0.717) is 6.10 Å². The van der Waals surface area contributed by atoms with Gasteiger partial charge in [0.25, 0.3) is 0 Å². The number of aliphatic hydroxyl groups is 1. The number of nitrogens with one attached hydrogen (secondary N) is 1. The molecule has 2 rings (SSSR count). The number of hydrogen-bond acceptors (Lipinski definition) is 3. The average Bonchev–Trinajstić information content (AvgIpc) is 2.96. The molecule has 0 bridgehead atoms. The Labute approximate surface area is 105 Å². The van der Waals surface area contributed by atoms with E-state index in [1.165, 1.54) is 38.5 Å². The minimum Gasteiger partial charge on any atom is -0.392 e. The fourth-order valence-corrected chi connectivity index (χ4v) is 3.12. The number of rotatable bonds is 7. The van der Waals surface area contributed by atoms with E-state index in [-0.39, 0.29) is 6.10 Å². The molecule has 1 heterocycles. The molecule has 2 N–H and O–H groups in total. The summed E-state index contributed by atoms with van der Waals surface area (Å²) in [6, 6.07) is 0. The lowest BCUT2D eigenvalue weighted by Gasteiger charge is -2.16. The SMILES string of the molecule is OC(CNCCC1CCCO1)CC1CCCC1. The second kappa shape index (κ2) is 7.34. The van der Waals surface area contributed by atoms with Gasteiger partial charge in [0.2, 0.25) is 0 Å². The normalized spacial score (nSPS) is 27.7. The van der Waals surface area contributed by atoms with E-state index in [0.717, 1.165) is 38.5 Å². The maximum Gasteiger partial charge on any atom is 0.0667 e. The minimum absolute atomic E-state index is 0.150. The van der Waals surface area contributed by atoms with E-state index in [1.807, 2.05) is 0 Å². The van der Waals surface area contributed by atoms with Gasteiger partial charge in [-0.05, 0) is 38.1 Å². The van der Waals surface area contributed by atoms with Crippen LogP contribution in [0.3, 0.4) is 0 Å². The largest absolute Gasteiger partial charge is 0.392 e. The van der Waals surface area contributed by atoms with Crippen LogP contribution in [0.1, 0.15) is 51.4 Å². The van der Waals surface area contributed by atoms with Gasteiger partial charge in [0.1, 0.15) is 0 Å². The monoisotopic (exact) mass is 241 g/mol. The summed E-state index contributed by atoms with van der Waals surface area (Å²) in [4.78, 5) is 0. The number of ether oxygens (including phenoxy) is 1. The quantitative estimate of drug-likeness (QED) is 0.671. The van der Waals surface area contributed by atoms with Gasteiger partial charge in [-0.1, -0.05) is 25.7 Å². The fourth-order valence-electron chi connectivity index (χ4n) is 3.12. The van der Waals surface area contributed by atoms with E-state index in [2.05, 4.69) is 5.32 Å². The molecular weight excluding hydrogens is 214 g/mol. The van der Waals surface area contributed by atoms with Crippen LogP contribution < -0.4 is 5.32 Å². The first-order valence-electron chi connectivity index (χ1n) is 7.35. The van der Waals surface area contributed by atoms with E-state index >= 15 is 0 Å². The molecule has 3 nitrogen and oxygen atoms in total. The van der Waals surface area contributed by atoms with Crippen molar-refractivity contribution in [3.63, 3.8) is 0 Å². The molecule has 3 heteroatoms. The van der Waals surface area contributed by atoms with Gasteiger partial charge in [0.05, 0.1) is 12.2 Å². The molecule has 0 radical (unpaired) electrons. The van der Waals surface area contributed by atoms with Crippen molar-refractivity contribution >= 4 is 0 Å². The predicted molar refractivity (Wildman–Crippen MR) is 69.0 cm³/mol. The van der Waals surface area contributed by atoms with Gasteiger partial charge in [-0.2, -0.15) is 0 Å². The van der Waals surface area contributed by atoms with Crippen LogP contribution in [0.4, 0.5) is 0 Å². The van der Waals surface area contributed by atoms with Gasteiger partial charge in [-0.15, -0.1) is 0 Å². The van der Waals surface area contributed by atoms with Gasteiger partial charge in [-0.25, -0.2) is 0 Å². The zero-order valence-corrected chi connectivity index (χ0v) is 10.9. The topological polar surface area (TPSA) is 41.5 Å². The standard InChI is InChI=1S/C14H27NO2/c16-13(10-12-4-1-2-5-12)11-15-8-7-14-6-3-9-17-14/h12-16H,1-11H2. The van der Waals surface area contributed by atoms with Crippen LogP contribution in [0.2, 0.25) is 0 Å². The smallest absolute Gasteiger partial charge is 0.0667 e. The lowest BCUT2D eigenvalue weighted by atomic mass is 10.00. The summed E-state index contributed by atoms with van der Waals surface area (Å²) in [5, 5.41) is 13.3. The third-order valence-corrected chi connectivity index (χ3v) is 4.13. The van der Waals surface area contributed by atoms with Crippen molar-refractivity contribution in [1.29, 1.82) is 0 Å². The molecule has 0 amide bonds. The highest BCUT2D eigenvalue weighted by molar-refractivity contribution is 4.73. The Morgan fingerprint density at radius 1 is 1.18 bits per heavy atom. The van der Waals surface area contributed by atoms with Crippen LogP contribution in [0.5, 0.6) is 0 Å². The van der Waals surface area contributed by atoms with Crippen molar-refractivity contribution in [1.82, 2.24) is 5.32 Å². The zero-order chi connectivity index (χ0) is 11.9. The van der Waals surface area contributed by atoms with Crippen molar-refractivity contribution in [3.8, 4) is 0 Å². The summed E-state index contributed by atoms with van der Waals surface area (Å²) < 4.78 is 5.57. The van der Waals surface area contributed by atoms with Crippen molar-refractivity contribution in [3.05, 3.63) is 0 Å². The van der Waals surface area contributed by atoms with Gasteiger partial charge >= 0.3 is 0 Å². The first-order valence-corrected chi connectivity index (χ1v) is 7.35. The maximum atomic E-state index is 9.91. The van der Waals surface area contributed by atoms with Gasteiger partial charge in [0.15, 0.2) is 0 Å². The van der Waals surface area contributed by atoms with E-state index < -0.39 is 0 Å². The minimum atomic E-state index is -0.150. The first-order chi connectivity index (χ1) is 8.34. The first kappa shape index (κ1) is 13.3. The lowest BCUT2D eigenvalue weighted by Crippen LogP contribution is -2.30. The fraction of sp³-hybridized carbons (Fsp3) is 1.00. The molecule has 0 aromatic heterocycles. The van der Waals surface area contributed by atoms with Crippen LogP contribution in [0.15, 0.2) is 0 Å². The van der Waals surface area contributed by atoms with Gasteiger partial charge < -0.3 is 15.2 Å². The van der Waals surface area contributed by atoms with Crippen molar-refractivity contribution in [2.24, 2.45) is 5.92 Å². The number of aliphatic hydroxyl groups excluding tert-OH is 1. The molecule has 0 aromatic rings. The van der Waals surface area contributed by atoms with Crippen LogP contribution in [-0.2, 0) is 4.74 Å². The Bertz CT molecular complexity index is 198. The van der Waals surface area contributed by atoms with Crippen LogP contribution in [0, 0.1) is 5.92 Å². The summed E-state index contributed by atoms with van der Waals surface area (Å²) in [5.41, 5.74) is 0. The summed E-state index contributed by atoms with van der Waals surface area (Å²) in [6.45, 7) is 2.67. The molecule has 2 unspecified atom stereocenters. The van der Waals surface area contributed by atoms with Crippen molar-refractivity contribution in [2.45, 2.75) is 63.6 Å². The maximum absolute atomic E-state index is 9.91. The molecule has 1 saturated heterocycles. The second-order valence-electron chi connectivity index (χ2n) is 5.67. The van der Waals surface area contributed by atoms with E-state index in [4.69, 9.17) is 4.74 Å². The number of hydrogen-bond donors (Lipinski definition) is 2. The van der Waals surface area contributed by atoms with Crippen LogP contribution in [0.25, 0.3) is 0 Å². The summed E-state index contributed by atoms with van der Waals surface area (Å²) >= 11 is 0. The van der Waals surface area contributed by atoms with E-state index in [9.17, 15) is 5.11 Å². The van der Waals surface area contributed by atoms with Gasteiger partial charge in [0, 0.05) is 13.2 Å². The molecule has 0 aromatic carbocycles.